The minimum atomic E-state index is 0.0612. The third kappa shape index (κ3) is 3.78. The van der Waals surface area contributed by atoms with Gasteiger partial charge >= 0.3 is 0 Å². The van der Waals surface area contributed by atoms with Crippen molar-refractivity contribution in [2.45, 2.75) is 53.0 Å². The Hall–Kier alpha value is -1.51. The molecule has 21 heavy (non-hydrogen) atoms. The van der Waals surface area contributed by atoms with Crippen molar-refractivity contribution in [1.29, 1.82) is 0 Å². The summed E-state index contributed by atoms with van der Waals surface area (Å²) in [5.41, 5.74) is 3.02. The lowest BCUT2D eigenvalue weighted by Crippen LogP contribution is -2.37. The Kier molecular flexibility index (Phi) is 5.27. The highest BCUT2D eigenvalue weighted by Gasteiger charge is 2.30. The predicted octanol–water partition coefficient (Wildman–Crippen LogP) is 3.98. The van der Waals surface area contributed by atoms with Crippen molar-refractivity contribution in [1.82, 2.24) is 5.32 Å². The van der Waals surface area contributed by atoms with Crippen molar-refractivity contribution in [3.63, 3.8) is 0 Å². The smallest absolute Gasteiger partial charge is 0.251 e. The van der Waals surface area contributed by atoms with Gasteiger partial charge in [0.15, 0.2) is 0 Å². The summed E-state index contributed by atoms with van der Waals surface area (Å²) >= 11 is 0. The van der Waals surface area contributed by atoms with Gasteiger partial charge < -0.3 is 10.6 Å². The molecule has 1 fully saturated rings. The van der Waals surface area contributed by atoms with E-state index in [0.29, 0.717) is 17.9 Å². The van der Waals surface area contributed by atoms with E-state index in [-0.39, 0.29) is 5.91 Å². The van der Waals surface area contributed by atoms with Crippen LogP contribution in [0.2, 0.25) is 0 Å². The third-order valence-electron chi connectivity index (χ3n) is 4.84. The molecule has 3 nitrogen and oxygen atoms in total. The second kappa shape index (κ2) is 6.97. The Morgan fingerprint density at radius 2 is 2.05 bits per heavy atom. The first kappa shape index (κ1) is 15.9. The van der Waals surface area contributed by atoms with Gasteiger partial charge in [0.05, 0.1) is 0 Å². The number of carbonyl (C=O) groups is 1. The normalized spacial score (nSPS) is 24.9. The van der Waals surface area contributed by atoms with Crippen LogP contribution in [0.15, 0.2) is 18.2 Å². The van der Waals surface area contributed by atoms with Crippen molar-refractivity contribution in [3.8, 4) is 0 Å². The quantitative estimate of drug-likeness (QED) is 0.860. The molecule has 1 aromatic carbocycles. The molecule has 0 heterocycles. The fourth-order valence-electron chi connectivity index (χ4n) is 3.08. The van der Waals surface area contributed by atoms with Crippen LogP contribution in [0.5, 0.6) is 0 Å². The van der Waals surface area contributed by atoms with Crippen LogP contribution >= 0.6 is 0 Å². The second-order valence-electron chi connectivity index (χ2n) is 6.45. The largest absolute Gasteiger partial charge is 0.385 e. The number of rotatable bonds is 5. The molecule has 0 radical (unpaired) electrons. The zero-order valence-electron chi connectivity index (χ0n) is 13.7. The predicted molar refractivity (Wildman–Crippen MR) is 88.8 cm³/mol. The number of anilines is 1. The minimum absolute atomic E-state index is 0.0612. The summed E-state index contributed by atoms with van der Waals surface area (Å²) in [4.78, 5) is 12.4. The highest BCUT2D eigenvalue weighted by molar-refractivity contribution is 5.95. The molecule has 3 atom stereocenters. The molecule has 2 rings (SSSR count). The van der Waals surface area contributed by atoms with E-state index in [1.807, 2.05) is 18.2 Å². The lowest BCUT2D eigenvalue weighted by Gasteiger charge is -2.20. The number of hydrogen-bond donors (Lipinski definition) is 2. The Morgan fingerprint density at radius 1 is 1.29 bits per heavy atom. The number of carbonyl (C=O) groups excluding carboxylic acids is 1. The van der Waals surface area contributed by atoms with Crippen LogP contribution in [-0.4, -0.2) is 18.5 Å². The first-order valence-electron chi connectivity index (χ1n) is 8.18. The SMILES string of the molecule is CCCNc1ccc(C(=O)NC2CCC(C)C2C)cc1C. The molecule has 0 aliphatic heterocycles. The van der Waals surface area contributed by atoms with Gasteiger partial charge in [0.2, 0.25) is 0 Å². The van der Waals surface area contributed by atoms with Gasteiger partial charge in [-0.05, 0) is 61.8 Å². The fraction of sp³-hybridized carbons (Fsp3) is 0.611. The second-order valence-corrected chi connectivity index (χ2v) is 6.45. The summed E-state index contributed by atoms with van der Waals surface area (Å²) < 4.78 is 0. The maximum atomic E-state index is 12.4. The maximum Gasteiger partial charge on any atom is 0.251 e. The summed E-state index contributed by atoms with van der Waals surface area (Å²) in [5, 5.41) is 6.59. The van der Waals surface area contributed by atoms with E-state index in [2.05, 4.69) is 38.3 Å². The number of amides is 1. The molecule has 3 unspecified atom stereocenters. The van der Waals surface area contributed by atoms with Gasteiger partial charge in [-0.3, -0.25) is 4.79 Å². The minimum Gasteiger partial charge on any atom is -0.385 e. The van der Waals surface area contributed by atoms with Crippen molar-refractivity contribution in [2.75, 3.05) is 11.9 Å². The van der Waals surface area contributed by atoms with Crippen LogP contribution in [0, 0.1) is 18.8 Å². The first-order chi connectivity index (χ1) is 10.0. The zero-order valence-corrected chi connectivity index (χ0v) is 13.7. The average Bonchev–Trinajstić information content (AvgIpc) is 2.78. The first-order valence-corrected chi connectivity index (χ1v) is 8.18. The summed E-state index contributed by atoms with van der Waals surface area (Å²) in [6, 6.07) is 6.24. The number of aryl methyl sites for hydroxylation is 1. The van der Waals surface area contributed by atoms with Crippen LogP contribution in [0.3, 0.4) is 0 Å². The molecule has 0 spiro atoms. The Morgan fingerprint density at radius 3 is 2.62 bits per heavy atom. The standard InChI is InChI=1S/C18H28N2O/c1-5-10-19-16-9-7-15(11-13(16)3)18(21)20-17-8-6-12(2)14(17)4/h7,9,11-12,14,17,19H,5-6,8,10H2,1-4H3,(H,20,21). The van der Waals surface area contributed by atoms with Crippen LogP contribution in [0.1, 0.15) is 56.0 Å². The zero-order chi connectivity index (χ0) is 15.4. The van der Waals surface area contributed by atoms with Gasteiger partial charge in [0, 0.05) is 23.8 Å². The number of benzene rings is 1. The summed E-state index contributed by atoms with van der Waals surface area (Å²) in [5.74, 6) is 1.34. The molecular weight excluding hydrogens is 260 g/mol. The summed E-state index contributed by atoms with van der Waals surface area (Å²) in [7, 11) is 0. The lowest BCUT2D eigenvalue weighted by atomic mass is 9.97. The van der Waals surface area contributed by atoms with Gasteiger partial charge in [-0.15, -0.1) is 0 Å². The molecule has 1 saturated carbocycles. The topological polar surface area (TPSA) is 41.1 Å². The molecule has 1 aliphatic rings. The molecule has 1 aliphatic carbocycles. The molecule has 1 amide bonds. The Labute approximate surface area is 128 Å². The van der Waals surface area contributed by atoms with E-state index >= 15 is 0 Å². The van der Waals surface area contributed by atoms with Crippen LogP contribution in [-0.2, 0) is 0 Å². The monoisotopic (exact) mass is 288 g/mol. The van der Waals surface area contributed by atoms with E-state index < -0.39 is 0 Å². The molecule has 1 aromatic rings. The van der Waals surface area contributed by atoms with Crippen molar-refractivity contribution < 1.29 is 4.79 Å². The van der Waals surface area contributed by atoms with Crippen LogP contribution in [0.4, 0.5) is 5.69 Å². The van der Waals surface area contributed by atoms with Crippen molar-refractivity contribution in [2.24, 2.45) is 11.8 Å². The number of nitrogens with one attached hydrogen (secondary N) is 2. The van der Waals surface area contributed by atoms with E-state index in [1.165, 1.54) is 6.42 Å². The van der Waals surface area contributed by atoms with Gasteiger partial charge in [0.25, 0.3) is 5.91 Å². The fourth-order valence-corrected chi connectivity index (χ4v) is 3.08. The molecule has 116 valence electrons. The van der Waals surface area contributed by atoms with Gasteiger partial charge in [0.1, 0.15) is 0 Å². The molecule has 0 aromatic heterocycles. The highest BCUT2D eigenvalue weighted by Crippen LogP contribution is 2.31. The average molecular weight is 288 g/mol. The Balaban J connectivity index is 2.01. The summed E-state index contributed by atoms with van der Waals surface area (Å²) in [6.45, 7) is 9.67. The molecule has 3 heteroatoms. The van der Waals surface area contributed by atoms with Crippen LogP contribution in [0.25, 0.3) is 0 Å². The van der Waals surface area contributed by atoms with Gasteiger partial charge in [-0.2, -0.15) is 0 Å². The molecule has 0 bridgehead atoms. The van der Waals surface area contributed by atoms with Crippen LogP contribution < -0.4 is 10.6 Å². The lowest BCUT2D eigenvalue weighted by molar-refractivity contribution is 0.0927. The molecule has 0 saturated heterocycles. The van der Waals surface area contributed by atoms with E-state index in [0.717, 1.165) is 36.2 Å². The summed E-state index contributed by atoms with van der Waals surface area (Å²) in [6.07, 6.45) is 3.41. The van der Waals surface area contributed by atoms with Crippen molar-refractivity contribution >= 4 is 11.6 Å². The maximum absolute atomic E-state index is 12.4. The van der Waals surface area contributed by atoms with E-state index in [9.17, 15) is 4.79 Å². The Bertz CT molecular complexity index is 498. The van der Waals surface area contributed by atoms with Gasteiger partial charge in [-0.1, -0.05) is 20.8 Å². The van der Waals surface area contributed by atoms with E-state index in [4.69, 9.17) is 0 Å². The molecule has 2 N–H and O–H groups in total. The molecular formula is C18H28N2O. The van der Waals surface area contributed by atoms with Gasteiger partial charge in [-0.25, -0.2) is 0 Å². The third-order valence-corrected chi connectivity index (χ3v) is 4.84. The van der Waals surface area contributed by atoms with E-state index in [1.54, 1.807) is 0 Å². The van der Waals surface area contributed by atoms with Crippen molar-refractivity contribution in [3.05, 3.63) is 29.3 Å². The highest BCUT2D eigenvalue weighted by atomic mass is 16.1. The number of hydrogen-bond acceptors (Lipinski definition) is 2.